The van der Waals surface area contributed by atoms with Crippen LogP contribution < -0.4 is 4.74 Å². The molecule has 1 aromatic carbocycles. The summed E-state index contributed by atoms with van der Waals surface area (Å²) in [5.74, 6) is 1.87. The standard InChI is InChI=1S/C17H17NO4/c1-10-4-5-11(21-10)8-15-16(20)12-6-7-14(19)13(9-18(2)3)17(12)22-15/h4-8,19H,9H2,1-3H3/b15-8-. The lowest BCUT2D eigenvalue weighted by atomic mass is 10.0. The first-order chi connectivity index (χ1) is 10.5. The molecule has 1 aromatic heterocycles. The molecule has 1 N–H and O–H groups in total. The van der Waals surface area contributed by atoms with Gasteiger partial charge in [0.05, 0.1) is 11.1 Å². The van der Waals surface area contributed by atoms with Crippen molar-refractivity contribution >= 4 is 11.9 Å². The number of allylic oxidation sites excluding steroid dienone is 1. The Hall–Kier alpha value is -2.53. The van der Waals surface area contributed by atoms with Crippen LogP contribution in [0.25, 0.3) is 6.08 Å². The number of rotatable bonds is 3. The minimum absolute atomic E-state index is 0.121. The van der Waals surface area contributed by atoms with E-state index in [1.165, 1.54) is 6.07 Å². The number of phenolic OH excluding ortho intramolecular Hbond substituents is 1. The number of benzene rings is 1. The van der Waals surface area contributed by atoms with Gasteiger partial charge in [0.25, 0.3) is 0 Å². The molecule has 2 heterocycles. The van der Waals surface area contributed by atoms with E-state index in [2.05, 4.69) is 0 Å². The Kier molecular flexibility index (Phi) is 3.50. The van der Waals surface area contributed by atoms with Crippen molar-refractivity contribution in [3.8, 4) is 11.5 Å². The fraction of sp³-hybridized carbons (Fsp3) is 0.235. The average Bonchev–Trinajstić information content (AvgIpc) is 2.99. The maximum Gasteiger partial charge on any atom is 0.232 e. The van der Waals surface area contributed by atoms with Crippen LogP contribution in [0.2, 0.25) is 0 Å². The number of fused-ring (bicyclic) bond motifs is 1. The monoisotopic (exact) mass is 299 g/mol. The van der Waals surface area contributed by atoms with Crippen molar-refractivity contribution in [3.05, 3.63) is 52.7 Å². The number of nitrogens with zero attached hydrogens (tertiary/aromatic N) is 1. The van der Waals surface area contributed by atoms with Gasteiger partial charge >= 0.3 is 0 Å². The number of aryl methyl sites for hydroxylation is 1. The number of ketones is 1. The third-order valence-corrected chi connectivity index (χ3v) is 3.43. The van der Waals surface area contributed by atoms with Gasteiger partial charge in [-0.1, -0.05) is 0 Å². The second-order valence-corrected chi connectivity index (χ2v) is 5.57. The first-order valence-electron chi connectivity index (χ1n) is 6.96. The van der Waals surface area contributed by atoms with Crippen LogP contribution >= 0.6 is 0 Å². The van der Waals surface area contributed by atoms with E-state index in [4.69, 9.17) is 9.15 Å². The summed E-state index contributed by atoms with van der Waals surface area (Å²) in [7, 11) is 3.77. The van der Waals surface area contributed by atoms with Gasteiger partial charge in [-0.3, -0.25) is 4.79 Å². The molecule has 0 bridgehead atoms. The maximum atomic E-state index is 12.4. The summed E-state index contributed by atoms with van der Waals surface area (Å²) in [5, 5.41) is 10.0. The van der Waals surface area contributed by atoms with Crippen molar-refractivity contribution in [3.63, 3.8) is 0 Å². The molecular formula is C17H17NO4. The zero-order valence-corrected chi connectivity index (χ0v) is 12.7. The first kappa shape index (κ1) is 14.4. The predicted octanol–water partition coefficient (Wildman–Crippen LogP) is 2.97. The molecule has 1 aliphatic heterocycles. The molecule has 114 valence electrons. The number of hydrogen-bond acceptors (Lipinski definition) is 5. The quantitative estimate of drug-likeness (QED) is 0.883. The smallest absolute Gasteiger partial charge is 0.232 e. The molecule has 2 aromatic rings. The predicted molar refractivity (Wildman–Crippen MR) is 81.9 cm³/mol. The summed E-state index contributed by atoms with van der Waals surface area (Å²) in [5.41, 5.74) is 1.07. The molecule has 5 nitrogen and oxygen atoms in total. The summed E-state index contributed by atoms with van der Waals surface area (Å²) in [6, 6.07) is 6.71. The summed E-state index contributed by atoms with van der Waals surface area (Å²) in [6.45, 7) is 2.32. The van der Waals surface area contributed by atoms with E-state index < -0.39 is 0 Å². The highest BCUT2D eigenvalue weighted by molar-refractivity contribution is 6.14. The molecule has 0 unspecified atom stereocenters. The lowest BCUT2D eigenvalue weighted by Gasteiger charge is -2.13. The van der Waals surface area contributed by atoms with Crippen molar-refractivity contribution in [2.45, 2.75) is 13.5 Å². The van der Waals surface area contributed by atoms with E-state index in [0.717, 1.165) is 5.76 Å². The van der Waals surface area contributed by atoms with Crippen LogP contribution in [0.4, 0.5) is 0 Å². The Bertz CT molecular complexity index is 771. The molecule has 0 saturated carbocycles. The van der Waals surface area contributed by atoms with Gasteiger partial charge in [-0.25, -0.2) is 0 Å². The van der Waals surface area contributed by atoms with Gasteiger partial charge in [0.1, 0.15) is 23.0 Å². The molecule has 1 aliphatic rings. The van der Waals surface area contributed by atoms with Gasteiger partial charge in [-0.15, -0.1) is 0 Å². The number of carbonyl (C=O) groups is 1. The van der Waals surface area contributed by atoms with Gasteiger partial charge in [0, 0.05) is 12.6 Å². The minimum atomic E-state index is -0.205. The number of Topliss-reactive ketones (excluding diaryl/α,β-unsaturated/α-hetero) is 1. The topological polar surface area (TPSA) is 62.9 Å². The van der Waals surface area contributed by atoms with Crippen LogP contribution in [0, 0.1) is 6.92 Å². The van der Waals surface area contributed by atoms with Gasteiger partial charge in [-0.2, -0.15) is 0 Å². The van der Waals surface area contributed by atoms with Crippen LogP contribution in [0.3, 0.4) is 0 Å². The Balaban J connectivity index is 2.01. The van der Waals surface area contributed by atoms with Crippen molar-refractivity contribution in [1.29, 1.82) is 0 Å². The van der Waals surface area contributed by atoms with Crippen LogP contribution in [-0.2, 0) is 6.54 Å². The Labute approximate surface area is 128 Å². The second kappa shape index (κ2) is 5.35. The molecule has 0 radical (unpaired) electrons. The van der Waals surface area contributed by atoms with Crippen molar-refractivity contribution in [1.82, 2.24) is 4.90 Å². The van der Waals surface area contributed by atoms with Crippen LogP contribution in [0.1, 0.15) is 27.4 Å². The lowest BCUT2D eigenvalue weighted by molar-refractivity contribution is 0.101. The highest BCUT2D eigenvalue weighted by Crippen LogP contribution is 2.39. The molecule has 0 fully saturated rings. The van der Waals surface area contributed by atoms with Gasteiger partial charge in [-0.05, 0) is 45.3 Å². The second-order valence-electron chi connectivity index (χ2n) is 5.57. The normalized spacial score (nSPS) is 15.5. The molecule has 0 amide bonds. The SMILES string of the molecule is Cc1ccc(/C=C2\Oc3c(ccc(O)c3CN(C)C)C2=O)o1. The van der Waals surface area contributed by atoms with Gasteiger partial charge in [0.2, 0.25) is 5.78 Å². The molecule has 5 heteroatoms. The first-order valence-corrected chi connectivity index (χ1v) is 6.96. The van der Waals surface area contributed by atoms with Crippen molar-refractivity contribution in [2.75, 3.05) is 14.1 Å². The third-order valence-electron chi connectivity index (χ3n) is 3.43. The van der Waals surface area contributed by atoms with E-state index in [1.807, 2.05) is 32.0 Å². The average molecular weight is 299 g/mol. The lowest BCUT2D eigenvalue weighted by Crippen LogP contribution is -2.11. The fourth-order valence-corrected chi connectivity index (χ4v) is 2.43. The number of ether oxygens (including phenoxy) is 1. The fourth-order valence-electron chi connectivity index (χ4n) is 2.43. The van der Waals surface area contributed by atoms with Crippen LogP contribution in [0.15, 0.2) is 34.4 Å². The summed E-state index contributed by atoms with van der Waals surface area (Å²) in [4.78, 5) is 14.3. The number of aromatic hydroxyl groups is 1. The third kappa shape index (κ3) is 2.51. The molecule has 0 atom stereocenters. The van der Waals surface area contributed by atoms with E-state index in [-0.39, 0.29) is 17.3 Å². The molecular weight excluding hydrogens is 282 g/mol. The number of phenols is 1. The maximum absolute atomic E-state index is 12.4. The molecule has 0 aliphatic carbocycles. The van der Waals surface area contributed by atoms with Gasteiger partial charge in [0.15, 0.2) is 5.76 Å². The molecule has 3 rings (SSSR count). The zero-order chi connectivity index (χ0) is 15.9. The van der Waals surface area contributed by atoms with Crippen LogP contribution in [-0.4, -0.2) is 29.9 Å². The summed E-state index contributed by atoms with van der Waals surface area (Å²) >= 11 is 0. The zero-order valence-electron chi connectivity index (χ0n) is 12.7. The Morgan fingerprint density at radius 1 is 1.23 bits per heavy atom. The summed E-state index contributed by atoms with van der Waals surface area (Å²) < 4.78 is 11.2. The highest BCUT2D eigenvalue weighted by Gasteiger charge is 2.31. The number of hydrogen-bond donors (Lipinski definition) is 1. The summed E-state index contributed by atoms with van der Waals surface area (Å²) in [6.07, 6.45) is 1.58. The van der Waals surface area contributed by atoms with Crippen molar-refractivity contribution in [2.24, 2.45) is 0 Å². The number of furan rings is 1. The molecule has 0 spiro atoms. The van der Waals surface area contributed by atoms with Crippen LogP contribution in [0.5, 0.6) is 11.5 Å². The highest BCUT2D eigenvalue weighted by atomic mass is 16.5. The largest absolute Gasteiger partial charge is 0.507 e. The van der Waals surface area contributed by atoms with Crippen molar-refractivity contribution < 1.29 is 19.1 Å². The Morgan fingerprint density at radius 3 is 2.64 bits per heavy atom. The van der Waals surface area contributed by atoms with E-state index in [1.54, 1.807) is 18.2 Å². The van der Waals surface area contributed by atoms with E-state index >= 15 is 0 Å². The minimum Gasteiger partial charge on any atom is -0.507 e. The molecule has 0 saturated heterocycles. The molecule has 22 heavy (non-hydrogen) atoms. The van der Waals surface area contributed by atoms with Gasteiger partial charge < -0.3 is 19.2 Å². The Morgan fingerprint density at radius 2 is 2.00 bits per heavy atom. The number of carbonyl (C=O) groups excluding carboxylic acids is 1. The van der Waals surface area contributed by atoms with E-state index in [9.17, 15) is 9.90 Å². The van der Waals surface area contributed by atoms with E-state index in [0.29, 0.717) is 29.2 Å².